The van der Waals surface area contributed by atoms with Gasteiger partial charge in [0.2, 0.25) is 5.82 Å². The summed E-state index contributed by atoms with van der Waals surface area (Å²) in [5.41, 5.74) is 1.04. The number of imidazole rings is 1. The summed E-state index contributed by atoms with van der Waals surface area (Å²) in [6.45, 7) is 2.05. The summed E-state index contributed by atoms with van der Waals surface area (Å²) < 4.78 is 1.70. The van der Waals surface area contributed by atoms with Crippen LogP contribution in [0, 0.1) is 11.3 Å². The van der Waals surface area contributed by atoms with Gasteiger partial charge in [-0.2, -0.15) is 5.26 Å². The van der Waals surface area contributed by atoms with Crippen LogP contribution >= 0.6 is 11.3 Å². The van der Waals surface area contributed by atoms with Crippen molar-refractivity contribution in [3.63, 3.8) is 0 Å². The second kappa shape index (κ2) is 3.60. The Morgan fingerprint density at radius 1 is 1.64 bits per heavy atom. The van der Waals surface area contributed by atoms with Gasteiger partial charge in [0.1, 0.15) is 6.07 Å². The molecule has 0 aliphatic rings. The van der Waals surface area contributed by atoms with E-state index in [1.165, 1.54) is 11.3 Å². The molecule has 4 nitrogen and oxygen atoms in total. The van der Waals surface area contributed by atoms with Crippen molar-refractivity contribution in [1.29, 1.82) is 5.26 Å². The summed E-state index contributed by atoms with van der Waals surface area (Å²) in [5.74, 6) is 0.377. The Labute approximate surface area is 85.5 Å². The standard InChI is InChI=1S/C9H8N4S/c1-2-7-6-14-9(12-7)13-4-3-11-8(13)5-10/h3-4,6H,2H2,1H3. The zero-order valence-corrected chi connectivity index (χ0v) is 8.45. The summed E-state index contributed by atoms with van der Waals surface area (Å²) >= 11 is 1.52. The summed E-state index contributed by atoms with van der Waals surface area (Å²) in [6, 6.07) is 2.02. The average molecular weight is 204 g/mol. The molecule has 2 heterocycles. The van der Waals surface area contributed by atoms with Gasteiger partial charge in [-0.05, 0) is 6.42 Å². The molecule has 0 saturated heterocycles. The molecule has 0 aromatic carbocycles. The second-order valence-electron chi connectivity index (χ2n) is 2.71. The van der Waals surface area contributed by atoms with Gasteiger partial charge in [0.15, 0.2) is 5.13 Å². The molecule has 2 rings (SSSR count). The molecule has 0 N–H and O–H groups in total. The fourth-order valence-electron chi connectivity index (χ4n) is 1.11. The van der Waals surface area contributed by atoms with Gasteiger partial charge in [-0.25, -0.2) is 9.97 Å². The summed E-state index contributed by atoms with van der Waals surface area (Å²) in [4.78, 5) is 8.28. The number of nitrogens with zero attached hydrogens (tertiary/aromatic N) is 4. The molecule has 70 valence electrons. The number of rotatable bonds is 2. The fraction of sp³-hybridized carbons (Fsp3) is 0.222. The molecule has 0 saturated carbocycles. The molecular weight excluding hydrogens is 196 g/mol. The van der Waals surface area contributed by atoms with E-state index in [4.69, 9.17) is 5.26 Å². The third-order valence-electron chi connectivity index (χ3n) is 1.85. The second-order valence-corrected chi connectivity index (χ2v) is 3.54. The van der Waals surface area contributed by atoms with Crippen molar-refractivity contribution in [1.82, 2.24) is 14.5 Å². The Kier molecular flexibility index (Phi) is 2.29. The Morgan fingerprint density at radius 2 is 2.50 bits per heavy atom. The highest BCUT2D eigenvalue weighted by Crippen LogP contribution is 2.16. The molecule has 2 aromatic rings. The topological polar surface area (TPSA) is 54.5 Å². The Balaban J connectivity index is 2.45. The maximum absolute atomic E-state index is 8.78. The van der Waals surface area contributed by atoms with Gasteiger partial charge in [0.25, 0.3) is 0 Å². The first-order valence-corrected chi connectivity index (χ1v) is 5.11. The van der Waals surface area contributed by atoms with Crippen LogP contribution in [0.2, 0.25) is 0 Å². The predicted molar refractivity (Wildman–Crippen MR) is 53.3 cm³/mol. The van der Waals surface area contributed by atoms with E-state index in [-0.39, 0.29) is 0 Å². The largest absolute Gasteiger partial charge is 0.267 e. The van der Waals surface area contributed by atoms with Gasteiger partial charge in [0.05, 0.1) is 5.69 Å². The molecule has 0 radical (unpaired) electrons. The highest BCUT2D eigenvalue weighted by molar-refractivity contribution is 7.12. The van der Waals surface area contributed by atoms with Crippen molar-refractivity contribution in [3.8, 4) is 11.2 Å². The molecule has 0 atom stereocenters. The van der Waals surface area contributed by atoms with E-state index < -0.39 is 0 Å². The summed E-state index contributed by atoms with van der Waals surface area (Å²) in [6.07, 6.45) is 4.26. The lowest BCUT2D eigenvalue weighted by Gasteiger charge is -1.95. The molecule has 2 aromatic heterocycles. The van der Waals surface area contributed by atoms with E-state index in [2.05, 4.69) is 16.9 Å². The minimum absolute atomic E-state index is 0.377. The van der Waals surface area contributed by atoms with Crippen molar-refractivity contribution in [2.45, 2.75) is 13.3 Å². The van der Waals surface area contributed by atoms with Gasteiger partial charge in [0, 0.05) is 17.8 Å². The van der Waals surface area contributed by atoms with Crippen LogP contribution in [0.5, 0.6) is 0 Å². The molecule has 0 bridgehead atoms. The van der Waals surface area contributed by atoms with Gasteiger partial charge in [-0.3, -0.25) is 4.57 Å². The molecule has 0 spiro atoms. The molecule has 0 unspecified atom stereocenters. The molecule has 0 aliphatic carbocycles. The first-order chi connectivity index (χ1) is 6.85. The van der Waals surface area contributed by atoms with E-state index in [1.807, 2.05) is 11.4 Å². The van der Waals surface area contributed by atoms with Crippen LogP contribution in [0.25, 0.3) is 5.13 Å². The van der Waals surface area contributed by atoms with E-state index in [0.717, 1.165) is 17.2 Å². The molecule has 0 fully saturated rings. The molecular formula is C9H8N4S. The quantitative estimate of drug-likeness (QED) is 0.749. The van der Waals surface area contributed by atoms with Crippen LogP contribution in [0.1, 0.15) is 18.4 Å². The van der Waals surface area contributed by atoms with E-state index in [0.29, 0.717) is 5.82 Å². The third-order valence-corrected chi connectivity index (χ3v) is 2.74. The number of aromatic nitrogens is 3. The van der Waals surface area contributed by atoms with Crippen molar-refractivity contribution < 1.29 is 0 Å². The molecule has 14 heavy (non-hydrogen) atoms. The van der Waals surface area contributed by atoms with Crippen LogP contribution in [0.3, 0.4) is 0 Å². The Hall–Kier alpha value is -1.67. The van der Waals surface area contributed by atoms with E-state index >= 15 is 0 Å². The van der Waals surface area contributed by atoms with Gasteiger partial charge >= 0.3 is 0 Å². The average Bonchev–Trinajstić information content (AvgIpc) is 2.85. The van der Waals surface area contributed by atoms with Crippen molar-refractivity contribution in [2.75, 3.05) is 0 Å². The van der Waals surface area contributed by atoms with Crippen LogP contribution < -0.4 is 0 Å². The number of hydrogen-bond donors (Lipinski definition) is 0. The highest BCUT2D eigenvalue weighted by atomic mass is 32.1. The summed E-state index contributed by atoms with van der Waals surface area (Å²) in [5, 5.41) is 11.6. The maximum atomic E-state index is 8.78. The van der Waals surface area contributed by atoms with Crippen molar-refractivity contribution in [3.05, 3.63) is 29.3 Å². The molecule has 5 heteroatoms. The van der Waals surface area contributed by atoms with Crippen molar-refractivity contribution in [2.24, 2.45) is 0 Å². The zero-order valence-electron chi connectivity index (χ0n) is 7.64. The smallest absolute Gasteiger partial charge is 0.219 e. The zero-order chi connectivity index (χ0) is 9.97. The predicted octanol–water partition coefficient (Wildman–Crippen LogP) is 1.76. The van der Waals surface area contributed by atoms with Crippen LogP contribution in [0.15, 0.2) is 17.8 Å². The highest BCUT2D eigenvalue weighted by Gasteiger charge is 2.07. The normalized spacial score (nSPS) is 10.0. The minimum Gasteiger partial charge on any atom is -0.267 e. The SMILES string of the molecule is CCc1csc(-n2ccnc2C#N)n1. The summed E-state index contributed by atoms with van der Waals surface area (Å²) in [7, 11) is 0. The first kappa shape index (κ1) is 8.91. The lowest BCUT2D eigenvalue weighted by Crippen LogP contribution is -1.95. The van der Waals surface area contributed by atoms with Gasteiger partial charge in [-0.1, -0.05) is 6.92 Å². The van der Waals surface area contributed by atoms with Crippen LogP contribution in [-0.4, -0.2) is 14.5 Å². The lowest BCUT2D eigenvalue weighted by atomic mass is 10.4. The van der Waals surface area contributed by atoms with Crippen LogP contribution in [-0.2, 0) is 6.42 Å². The molecule has 0 aliphatic heterocycles. The number of nitriles is 1. The lowest BCUT2D eigenvalue weighted by molar-refractivity contribution is 0.965. The van der Waals surface area contributed by atoms with Crippen molar-refractivity contribution >= 4 is 11.3 Å². The molecule has 0 amide bonds. The van der Waals surface area contributed by atoms with Gasteiger partial charge in [-0.15, -0.1) is 11.3 Å². The van der Waals surface area contributed by atoms with E-state index in [9.17, 15) is 0 Å². The number of hydrogen-bond acceptors (Lipinski definition) is 4. The minimum atomic E-state index is 0.377. The van der Waals surface area contributed by atoms with Crippen LogP contribution in [0.4, 0.5) is 0 Å². The fourth-order valence-corrected chi connectivity index (χ4v) is 2.00. The Morgan fingerprint density at radius 3 is 3.14 bits per heavy atom. The van der Waals surface area contributed by atoms with E-state index in [1.54, 1.807) is 17.0 Å². The maximum Gasteiger partial charge on any atom is 0.219 e. The Bertz CT molecular complexity index is 477. The third kappa shape index (κ3) is 1.40. The van der Waals surface area contributed by atoms with Gasteiger partial charge < -0.3 is 0 Å². The monoisotopic (exact) mass is 204 g/mol. The number of thiazole rings is 1. The number of aryl methyl sites for hydroxylation is 1. The first-order valence-electron chi connectivity index (χ1n) is 4.23.